The minimum Gasteiger partial charge on any atom is -0.460 e. The molecular weight excluding hydrogens is 380 g/mol. The third-order valence-electron chi connectivity index (χ3n) is 3.36. The Morgan fingerprint density at radius 3 is 1.59 bits per heavy atom. The minimum atomic E-state index is -0.393. The Bertz CT molecular complexity index is 481. The molecular formula is C20H36N2O7. The van der Waals surface area contributed by atoms with Crippen LogP contribution in [0.25, 0.3) is 0 Å². The van der Waals surface area contributed by atoms with Crippen molar-refractivity contribution in [2.24, 2.45) is 0 Å². The Morgan fingerprint density at radius 2 is 1.14 bits per heavy atom. The molecule has 0 atom stereocenters. The number of hydrogen-bond acceptors (Lipinski definition) is 9. The molecule has 0 saturated carbocycles. The summed E-state index contributed by atoms with van der Waals surface area (Å²) in [6, 6.07) is 0. The van der Waals surface area contributed by atoms with E-state index < -0.39 is 5.97 Å². The van der Waals surface area contributed by atoms with Gasteiger partial charge in [-0.05, 0) is 21.0 Å². The molecule has 0 fully saturated rings. The van der Waals surface area contributed by atoms with E-state index in [4.69, 9.17) is 23.7 Å². The van der Waals surface area contributed by atoms with Crippen LogP contribution in [-0.2, 0) is 33.3 Å². The van der Waals surface area contributed by atoms with Crippen molar-refractivity contribution in [3.8, 4) is 0 Å². The van der Waals surface area contributed by atoms with Gasteiger partial charge in [-0.25, -0.2) is 9.59 Å². The molecule has 0 aliphatic carbocycles. The summed E-state index contributed by atoms with van der Waals surface area (Å²) in [5.41, 5.74) is 0. The van der Waals surface area contributed by atoms with Gasteiger partial charge in [0.15, 0.2) is 0 Å². The zero-order valence-corrected chi connectivity index (χ0v) is 18.1. The van der Waals surface area contributed by atoms with Gasteiger partial charge in [0.2, 0.25) is 0 Å². The monoisotopic (exact) mass is 416 g/mol. The molecule has 0 unspecified atom stereocenters. The summed E-state index contributed by atoms with van der Waals surface area (Å²) >= 11 is 0. The van der Waals surface area contributed by atoms with Crippen molar-refractivity contribution in [1.29, 1.82) is 0 Å². The van der Waals surface area contributed by atoms with E-state index in [1.807, 2.05) is 26.0 Å². The number of esters is 2. The molecule has 0 aromatic carbocycles. The number of rotatable bonds is 18. The van der Waals surface area contributed by atoms with E-state index in [1.54, 1.807) is 19.2 Å². The first kappa shape index (κ1) is 27.1. The van der Waals surface area contributed by atoms with Crippen LogP contribution in [0.2, 0.25) is 0 Å². The number of ether oxygens (including phenoxy) is 5. The highest BCUT2D eigenvalue weighted by atomic mass is 16.6. The molecule has 0 rings (SSSR count). The Kier molecular flexibility index (Phi) is 18.1. The average molecular weight is 417 g/mol. The predicted octanol–water partition coefficient (Wildman–Crippen LogP) is 0.706. The van der Waals surface area contributed by atoms with Crippen LogP contribution in [0.5, 0.6) is 0 Å². The summed E-state index contributed by atoms with van der Waals surface area (Å²) in [7, 11) is 5.90. The molecule has 9 nitrogen and oxygen atoms in total. The molecule has 0 radical (unpaired) electrons. The SMILES string of the molecule is C/C=C/C(=O)OCCOCCOCCOCCOC(=O)/C=C/N(C)CCN(C)C. The first-order valence-electron chi connectivity index (χ1n) is 9.68. The zero-order chi connectivity index (χ0) is 21.7. The van der Waals surface area contributed by atoms with Crippen LogP contribution in [0, 0.1) is 0 Å². The molecule has 0 saturated heterocycles. The van der Waals surface area contributed by atoms with Crippen LogP contribution in [-0.4, -0.2) is 109 Å². The maximum absolute atomic E-state index is 11.6. The molecule has 0 amide bonds. The number of carbonyl (C=O) groups is 2. The molecule has 168 valence electrons. The summed E-state index contributed by atoms with van der Waals surface area (Å²) in [5.74, 6) is -0.770. The highest BCUT2D eigenvalue weighted by Gasteiger charge is 1.99. The van der Waals surface area contributed by atoms with E-state index in [9.17, 15) is 9.59 Å². The molecule has 0 heterocycles. The molecule has 29 heavy (non-hydrogen) atoms. The number of allylic oxidation sites excluding steroid dienone is 1. The van der Waals surface area contributed by atoms with Gasteiger partial charge in [0.1, 0.15) is 13.2 Å². The Balaban J connectivity index is 3.38. The standard InChI is InChI=1S/C20H36N2O7/c1-5-6-19(23)28-17-15-26-13-11-25-12-14-27-16-18-29-20(24)7-8-22(4)10-9-21(2)3/h5-8H,9-18H2,1-4H3/b6-5+,8-7+. The first-order chi connectivity index (χ1) is 14.0. The minimum absolute atomic E-state index is 0.194. The number of hydrogen-bond donors (Lipinski definition) is 0. The van der Waals surface area contributed by atoms with Gasteiger partial charge in [-0.1, -0.05) is 6.08 Å². The van der Waals surface area contributed by atoms with Gasteiger partial charge >= 0.3 is 11.9 Å². The molecule has 0 aromatic heterocycles. The fourth-order valence-corrected chi connectivity index (χ4v) is 1.80. The van der Waals surface area contributed by atoms with Gasteiger partial charge in [0.05, 0.1) is 39.6 Å². The molecule has 0 N–H and O–H groups in total. The van der Waals surface area contributed by atoms with Crippen molar-refractivity contribution < 1.29 is 33.3 Å². The van der Waals surface area contributed by atoms with E-state index in [0.29, 0.717) is 39.6 Å². The lowest BCUT2D eigenvalue weighted by Crippen LogP contribution is -2.25. The van der Waals surface area contributed by atoms with E-state index in [1.165, 1.54) is 12.2 Å². The second-order valence-electron chi connectivity index (χ2n) is 6.27. The lowest BCUT2D eigenvalue weighted by molar-refractivity contribution is -0.140. The zero-order valence-electron chi connectivity index (χ0n) is 18.1. The van der Waals surface area contributed by atoms with Crippen LogP contribution in [0.1, 0.15) is 6.92 Å². The van der Waals surface area contributed by atoms with Crippen molar-refractivity contribution in [3.63, 3.8) is 0 Å². The lowest BCUT2D eigenvalue weighted by Gasteiger charge is -2.16. The van der Waals surface area contributed by atoms with E-state index in [2.05, 4.69) is 4.90 Å². The number of likely N-dealkylation sites (N-methyl/N-ethyl adjacent to an activating group) is 2. The Labute approximate surface area is 174 Å². The van der Waals surface area contributed by atoms with Crippen LogP contribution in [0.4, 0.5) is 0 Å². The summed E-state index contributed by atoms with van der Waals surface area (Å²) in [6.45, 7) is 6.19. The Hall–Kier alpha value is -1.94. The van der Waals surface area contributed by atoms with Crippen LogP contribution >= 0.6 is 0 Å². The van der Waals surface area contributed by atoms with E-state index in [0.717, 1.165) is 13.1 Å². The van der Waals surface area contributed by atoms with Crippen LogP contribution in [0.3, 0.4) is 0 Å². The third kappa shape index (κ3) is 20.6. The van der Waals surface area contributed by atoms with Crippen molar-refractivity contribution in [3.05, 3.63) is 24.4 Å². The largest absolute Gasteiger partial charge is 0.460 e. The molecule has 0 aliphatic rings. The summed E-state index contributed by atoms with van der Waals surface area (Å²) in [5, 5.41) is 0. The van der Waals surface area contributed by atoms with E-state index >= 15 is 0 Å². The van der Waals surface area contributed by atoms with Gasteiger partial charge in [0.25, 0.3) is 0 Å². The first-order valence-corrected chi connectivity index (χ1v) is 9.68. The van der Waals surface area contributed by atoms with Gasteiger partial charge in [-0.15, -0.1) is 0 Å². The molecule has 0 bridgehead atoms. The second kappa shape index (κ2) is 19.4. The quantitative estimate of drug-likeness (QED) is 0.182. The molecule has 0 spiro atoms. The second-order valence-corrected chi connectivity index (χ2v) is 6.27. The number of carbonyl (C=O) groups excluding carboxylic acids is 2. The topological polar surface area (TPSA) is 86.8 Å². The van der Waals surface area contributed by atoms with Gasteiger partial charge in [-0.2, -0.15) is 0 Å². The smallest absolute Gasteiger partial charge is 0.332 e. The normalized spacial score (nSPS) is 11.5. The third-order valence-corrected chi connectivity index (χ3v) is 3.36. The number of nitrogens with zero attached hydrogens (tertiary/aromatic N) is 2. The van der Waals surface area contributed by atoms with Crippen molar-refractivity contribution in [1.82, 2.24) is 9.80 Å². The average Bonchev–Trinajstić information content (AvgIpc) is 2.68. The fraction of sp³-hybridized carbons (Fsp3) is 0.700. The summed E-state index contributed by atoms with van der Waals surface area (Å²) in [4.78, 5) is 26.6. The van der Waals surface area contributed by atoms with Gasteiger partial charge in [0, 0.05) is 38.5 Å². The van der Waals surface area contributed by atoms with Gasteiger partial charge in [-0.3, -0.25) is 0 Å². The van der Waals surface area contributed by atoms with E-state index in [-0.39, 0.29) is 19.2 Å². The van der Waals surface area contributed by atoms with Crippen molar-refractivity contribution >= 4 is 11.9 Å². The molecule has 0 aromatic rings. The fourth-order valence-electron chi connectivity index (χ4n) is 1.80. The van der Waals surface area contributed by atoms with Crippen molar-refractivity contribution in [2.45, 2.75) is 6.92 Å². The summed E-state index contributed by atoms with van der Waals surface area (Å²) in [6.07, 6.45) is 6.08. The van der Waals surface area contributed by atoms with Crippen LogP contribution < -0.4 is 0 Å². The maximum atomic E-state index is 11.6. The Morgan fingerprint density at radius 1 is 0.690 bits per heavy atom. The molecule has 9 heteroatoms. The molecule has 0 aliphatic heterocycles. The maximum Gasteiger partial charge on any atom is 0.332 e. The van der Waals surface area contributed by atoms with Gasteiger partial charge < -0.3 is 33.5 Å². The predicted molar refractivity (Wildman–Crippen MR) is 110 cm³/mol. The van der Waals surface area contributed by atoms with Crippen LogP contribution in [0.15, 0.2) is 24.4 Å². The lowest BCUT2D eigenvalue weighted by atomic mass is 10.5. The highest BCUT2D eigenvalue weighted by molar-refractivity contribution is 5.82. The van der Waals surface area contributed by atoms with Crippen molar-refractivity contribution in [2.75, 3.05) is 87.1 Å². The summed E-state index contributed by atoms with van der Waals surface area (Å²) < 4.78 is 25.8. The highest BCUT2D eigenvalue weighted by Crippen LogP contribution is 1.89.